The van der Waals surface area contributed by atoms with Crippen LogP contribution in [-0.4, -0.2) is 22.9 Å². The van der Waals surface area contributed by atoms with Crippen LogP contribution in [0.15, 0.2) is 16.8 Å². The van der Waals surface area contributed by atoms with Crippen LogP contribution in [0.5, 0.6) is 0 Å². The van der Waals surface area contributed by atoms with Crippen LogP contribution in [0.4, 0.5) is 0 Å². The molecule has 19 heavy (non-hydrogen) atoms. The zero-order valence-electron chi connectivity index (χ0n) is 11.6. The number of hydrogen-bond acceptors (Lipinski definition) is 3. The van der Waals surface area contributed by atoms with E-state index >= 15 is 0 Å². The Balaban J connectivity index is 1.81. The first-order chi connectivity index (χ1) is 9.16. The van der Waals surface area contributed by atoms with Gasteiger partial charge < -0.3 is 4.90 Å². The van der Waals surface area contributed by atoms with Crippen LogP contribution in [0.1, 0.15) is 51.3 Å². The monoisotopic (exact) mass is 278 g/mol. The standard InChI is InChI=1S/C15H22N2OS/c1-10-3-5-13(6-4-10)17-14(12-7-8-19-9-12)16-11(2)15(17)18/h7-11,13-14,16H,3-6H2,1-2H3. The van der Waals surface area contributed by atoms with E-state index < -0.39 is 0 Å². The summed E-state index contributed by atoms with van der Waals surface area (Å²) < 4.78 is 0. The van der Waals surface area contributed by atoms with Crippen molar-refractivity contribution >= 4 is 17.2 Å². The second-order valence-corrected chi connectivity index (χ2v) is 6.79. The Morgan fingerprint density at radius 1 is 1.26 bits per heavy atom. The maximum atomic E-state index is 12.5. The van der Waals surface area contributed by atoms with Crippen molar-refractivity contribution in [2.75, 3.05) is 0 Å². The zero-order valence-corrected chi connectivity index (χ0v) is 12.5. The molecule has 1 N–H and O–H groups in total. The molecule has 1 aliphatic carbocycles. The molecule has 2 atom stereocenters. The van der Waals surface area contributed by atoms with Gasteiger partial charge in [0.25, 0.3) is 0 Å². The Morgan fingerprint density at radius 2 is 2.00 bits per heavy atom. The molecule has 3 nitrogen and oxygen atoms in total. The van der Waals surface area contributed by atoms with E-state index in [0.29, 0.717) is 6.04 Å². The topological polar surface area (TPSA) is 32.3 Å². The fraction of sp³-hybridized carbons (Fsp3) is 0.667. The largest absolute Gasteiger partial charge is 0.319 e. The highest BCUT2D eigenvalue weighted by atomic mass is 32.1. The molecular formula is C15H22N2OS. The zero-order chi connectivity index (χ0) is 13.4. The summed E-state index contributed by atoms with van der Waals surface area (Å²) >= 11 is 1.70. The highest BCUT2D eigenvalue weighted by molar-refractivity contribution is 7.07. The molecule has 1 aliphatic heterocycles. The molecule has 2 fully saturated rings. The summed E-state index contributed by atoms with van der Waals surface area (Å²) in [5, 5.41) is 7.69. The Hall–Kier alpha value is -0.870. The predicted molar refractivity (Wildman–Crippen MR) is 77.9 cm³/mol. The summed E-state index contributed by atoms with van der Waals surface area (Å²) in [6.45, 7) is 4.30. The van der Waals surface area contributed by atoms with E-state index in [0.717, 1.165) is 18.8 Å². The van der Waals surface area contributed by atoms with E-state index in [1.54, 1.807) is 11.3 Å². The normalized spacial score (nSPS) is 35.9. The van der Waals surface area contributed by atoms with E-state index in [4.69, 9.17) is 0 Å². The molecule has 1 aromatic heterocycles. The number of carbonyl (C=O) groups is 1. The van der Waals surface area contributed by atoms with Crippen molar-refractivity contribution in [2.45, 2.75) is 57.8 Å². The summed E-state index contributed by atoms with van der Waals surface area (Å²) in [6, 6.07) is 2.50. The van der Waals surface area contributed by atoms with Gasteiger partial charge in [0.1, 0.15) is 6.17 Å². The Labute approximate surface area is 119 Å². The Bertz CT molecular complexity index is 437. The molecule has 4 heteroatoms. The number of thiophene rings is 1. The third kappa shape index (κ3) is 2.43. The summed E-state index contributed by atoms with van der Waals surface area (Å²) in [5.74, 6) is 1.09. The van der Waals surface area contributed by atoms with E-state index in [2.05, 4.69) is 34.0 Å². The fourth-order valence-electron chi connectivity index (χ4n) is 3.34. The van der Waals surface area contributed by atoms with Crippen LogP contribution in [0.2, 0.25) is 0 Å². The van der Waals surface area contributed by atoms with Crippen LogP contribution in [0.25, 0.3) is 0 Å². The quantitative estimate of drug-likeness (QED) is 0.901. The molecule has 0 bridgehead atoms. The molecule has 2 unspecified atom stereocenters. The minimum Gasteiger partial charge on any atom is -0.319 e. The minimum atomic E-state index is -0.0516. The van der Waals surface area contributed by atoms with Crippen LogP contribution >= 0.6 is 11.3 Å². The lowest BCUT2D eigenvalue weighted by Gasteiger charge is -2.36. The van der Waals surface area contributed by atoms with Gasteiger partial charge in [0.15, 0.2) is 0 Å². The molecule has 2 heterocycles. The average molecular weight is 278 g/mol. The smallest absolute Gasteiger partial charge is 0.241 e. The van der Waals surface area contributed by atoms with Crippen LogP contribution in [0, 0.1) is 5.92 Å². The molecule has 1 amide bonds. The van der Waals surface area contributed by atoms with E-state index in [9.17, 15) is 4.79 Å². The van der Waals surface area contributed by atoms with Crippen LogP contribution < -0.4 is 5.32 Å². The van der Waals surface area contributed by atoms with Gasteiger partial charge in [-0.15, -0.1) is 0 Å². The SMILES string of the molecule is CC1CCC(N2C(=O)C(C)NC2c2ccsc2)CC1. The molecule has 104 valence electrons. The summed E-state index contributed by atoms with van der Waals surface area (Å²) in [6.07, 6.45) is 4.90. The van der Waals surface area contributed by atoms with Gasteiger partial charge in [-0.25, -0.2) is 0 Å². The van der Waals surface area contributed by atoms with E-state index in [1.165, 1.54) is 18.4 Å². The van der Waals surface area contributed by atoms with Crippen molar-refractivity contribution in [1.82, 2.24) is 10.2 Å². The highest BCUT2D eigenvalue weighted by Crippen LogP contribution is 2.35. The first-order valence-electron chi connectivity index (χ1n) is 7.27. The molecule has 1 aromatic rings. The van der Waals surface area contributed by atoms with Gasteiger partial charge >= 0.3 is 0 Å². The van der Waals surface area contributed by atoms with Crippen LogP contribution in [0.3, 0.4) is 0 Å². The predicted octanol–water partition coefficient (Wildman–Crippen LogP) is 3.15. The van der Waals surface area contributed by atoms with E-state index in [-0.39, 0.29) is 18.1 Å². The lowest BCUT2D eigenvalue weighted by Crippen LogP contribution is -2.41. The molecular weight excluding hydrogens is 256 g/mol. The van der Waals surface area contributed by atoms with Crippen molar-refractivity contribution in [3.8, 4) is 0 Å². The molecule has 2 aliphatic rings. The van der Waals surface area contributed by atoms with Gasteiger partial charge in [0.05, 0.1) is 6.04 Å². The third-order valence-corrected chi connectivity index (χ3v) is 5.25. The van der Waals surface area contributed by atoms with Crippen molar-refractivity contribution in [2.24, 2.45) is 5.92 Å². The molecule has 1 saturated heterocycles. The van der Waals surface area contributed by atoms with Crippen molar-refractivity contribution in [3.05, 3.63) is 22.4 Å². The summed E-state index contributed by atoms with van der Waals surface area (Å²) in [4.78, 5) is 14.6. The lowest BCUT2D eigenvalue weighted by atomic mass is 9.86. The number of nitrogens with one attached hydrogen (secondary N) is 1. The lowest BCUT2D eigenvalue weighted by molar-refractivity contribution is -0.133. The number of nitrogens with zero attached hydrogens (tertiary/aromatic N) is 1. The van der Waals surface area contributed by atoms with Gasteiger partial charge in [0, 0.05) is 6.04 Å². The average Bonchev–Trinajstić information content (AvgIpc) is 3.01. The second kappa shape index (κ2) is 5.25. The number of carbonyl (C=O) groups excluding carboxylic acids is 1. The first kappa shape index (κ1) is 13.1. The number of hydrogen-bond donors (Lipinski definition) is 1. The van der Waals surface area contributed by atoms with Crippen molar-refractivity contribution in [3.63, 3.8) is 0 Å². The molecule has 1 saturated carbocycles. The first-order valence-corrected chi connectivity index (χ1v) is 8.21. The van der Waals surface area contributed by atoms with Gasteiger partial charge in [-0.3, -0.25) is 10.1 Å². The third-order valence-electron chi connectivity index (χ3n) is 4.55. The molecule has 0 spiro atoms. The summed E-state index contributed by atoms with van der Waals surface area (Å²) in [7, 11) is 0. The Morgan fingerprint density at radius 3 is 2.63 bits per heavy atom. The number of amides is 1. The van der Waals surface area contributed by atoms with Gasteiger partial charge in [-0.2, -0.15) is 11.3 Å². The van der Waals surface area contributed by atoms with Crippen molar-refractivity contribution in [1.29, 1.82) is 0 Å². The number of rotatable bonds is 2. The molecule has 0 radical (unpaired) electrons. The van der Waals surface area contributed by atoms with Gasteiger partial charge in [-0.05, 0) is 60.9 Å². The summed E-state index contributed by atoms with van der Waals surface area (Å²) in [5.41, 5.74) is 1.24. The highest BCUT2D eigenvalue weighted by Gasteiger charge is 2.41. The minimum absolute atomic E-state index is 0.0516. The van der Waals surface area contributed by atoms with E-state index in [1.807, 2.05) is 6.92 Å². The van der Waals surface area contributed by atoms with Crippen LogP contribution in [-0.2, 0) is 4.79 Å². The maximum absolute atomic E-state index is 12.5. The van der Waals surface area contributed by atoms with Gasteiger partial charge in [0.2, 0.25) is 5.91 Å². The van der Waals surface area contributed by atoms with Gasteiger partial charge in [-0.1, -0.05) is 6.92 Å². The molecule has 3 rings (SSSR count). The van der Waals surface area contributed by atoms with Crippen molar-refractivity contribution < 1.29 is 4.79 Å². The Kier molecular flexibility index (Phi) is 3.63. The maximum Gasteiger partial charge on any atom is 0.241 e. The molecule has 0 aromatic carbocycles. The fourth-order valence-corrected chi connectivity index (χ4v) is 4.02. The second-order valence-electron chi connectivity index (χ2n) is 6.01.